The molecule has 0 fully saturated rings. The summed E-state index contributed by atoms with van der Waals surface area (Å²) in [5, 5.41) is 2.42. The highest BCUT2D eigenvalue weighted by atomic mass is 16.7. The normalized spacial score (nSPS) is 21.1. The van der Waals surface area contributed by atoms with E-state index in [-0.39, 0.29) is 11.6 Å². The summed E-state index contributed by atoms with van der Waals surface area (Å²) in [6.07, 6.45) is 1.23. The van der Waals surface area contributed by atoms with Crippen LogP contribution in [0.1, 0.15) is 20.8 Å². The van der Waals surface area contributed by atoms with Gasteiger partial charge in [-0.25, -0.2) is 4.98 Å². The Labute approximate surface area is 153 Å². The molecule has 2 heterocycles. The average Bonchev–Trinajstić information content (AvgIpc) is 2.57. The summed E-state index contributed by atoms with van der Waals surface area (Å²) >= 11 is 0. The summed E-state index contributed by atoms with van der Waals surface area (Å²) in [6.45, 7) is 3.36. The Balaban J connectivity index is 2.30. The smallest absolute Gasteiger partial charge is 0.305 e. The lowest BCUT2D eigenvalue weighted by molar-refractivity contribution is -0.221. The lowest BCUT2D eigenvalue weighted by Gasteiger charge is -2.34. The van der Waals surface area contributed by atoms with Crippen LogP contribution in [0.15, 0.2) is 30.4 Å². The van der Waals surface area contributed by atoms with Gasteiger partial charge in [0.25, 0.3) is 12.2 Å². The fourth-order valence-electron chi connectivity index (χ4n) is 2.16. The first-order valence-corrected chi connectivity index (χ1v) is 7.73. The van der Waals surface area contributed by atoms with E-state index in [0.717, 1.165) is 26.8 Å². The Morgan fingerprint density at radius 1 is 1.00 bits per heavy atom. The van der Waals surface area contributed by atoms with Gasteiger partial charge in [-0.05, 0) is 0 Å². The van der Waals surface area contributed by atoms with Crippen LogP contribution in [0.2, 0.25) is 0 Å². The maximum absolute atomic E-state index is 12.4. The molecule has 0 saturated heterocycles. The van der Waals surface area contributed by atoms with E-state index in [2.05, 4.69) is 15.3 Å². The zero-order valence-electron chi connectivity index (χ0n) is 14.7. The van der Waals surface area contributed by atoms with Gasteiger partial charge in [-0.2, -0.15) is 0 Å². The van der Waals surface area contributed by atoms with Gasteiger partial charge >= 0.3 is 17.9 Å². The van der Waals surface area contributed by atoms with E-state index in [1.807, 2.05) is 0 Å². The molecule has 27 heavy (non-hydrogen) atoms. The predicted octanol–water partition coefficient (Wildman–Crippen LogP) is 0.0818. The Hall–Kier alpha value is -3.50. The van der Waals surface area contributed by atoms with Crippen LogP contribution in [-0.4, -0.2) is 52.3 Å². The number of hydrogen-bond donors (Lipinski definition) is 1. The number of anilines is 1. The van der Waals surface area contributed by atoms with Gasteiger partial charge in [0.2, 0.25) is 6.10 Å². The standard InChI is InChI=1S/C16H17N3O8/c1-8(20)24-11-6-12(15(23)19-13-7-17-4-5-18-13)27-16(26-10(3)22)14(11)25-9(2)21/h4-7,11,14,16H,1-3H3,(H,18,19,23)/t11-,14+,16+/m0/s1. The van der Waals surface area contributed by atoms with Gasteiger partial charge in [0.1, 0.15) is 0 Å². The lowest BCUT2D eigenvalue weighted by Crippen LogP contribution is -2.49. The molecule has 1 amide bonds. The summed E-state index contributed by atoms with van der Waals surface area (Å²) in [5.41, 5.74) is 0. The van der Waals surface area contributed by atoms with Crippen molar-refractivity contribution in [2.75, 3.05) is 5.32 Å². The molecule has 0 saturated carbocycles. The number of amides is 1. The van der Waals surface area contributed by atoms with E-state index in [1.54, 1.807) is 0 Å². The number of carbonyl (C=O) groups is 4. The number of rotatable bonds is 5. The number of nitrogens with one attached hydrogen (secondary N) is 1. The van der Waals surface area contributed by atoms with Crippen LogP contribution >= 0.6 is 0 Å². The van der Waals surface area contributed by atoms with Crippen LogP contribution in [0.3, 0.4) is 0 Å². The van der Waals surface area contributed by atoms with E-state index < -0.39 is 42.3 Å². The summed E-state index contributed by atoms with van der Waals surface area (Å²) in [6, 6.07) is 0. The summed E-state index contributed by atoms with van der Waals surface area (Å²) in [5.74, 6) is -3.12. The van der Waals surface area contributed by atoms with Gasteiger partial charge < -0.3 is 24.3 Å². The van der Waals surface area contributed by atoms with Crippen LogP contribution < -0.4 is 5.32 Å². The molecular formula is C16H17N3O8. The van der Waals surface area contributed by atoms with Crippen molar-refractivity contribution in [2.45, 2.75) is 39.3 Å². The van der Waals surface area contributed by atoms with Crippen LogP contribution in [0.4, 0.5) is 5.82 Å². The van der Waals surface area contributed by atoms with Crippen molar-refractivity contribution >= 4 is 29.6 Å². The molecule has 1 aliphatic heterocycles. The van der Waals surface area contributed by atoms with Crippen molar-refractivity contribution in [1.29, 1.82) is 0 Å². The fraction of sp³-hybridized carbons (Fsp3) is 0.375. The number of ether oxygens (including phenoxy) is 4. The molecule has 0 spiro atoms. The average molecular weight is 379 g/mol. The molecule has 2 rings (SSSR count). The van der Waals surface area contributed by atoms with Gasteiger partial charge in [-0.15, -0.1) is 0 Å². The highest BCUT2D eigenvalue weighted by Gasteiger charge is 2.43. The molecule has 1 aromatic heterocycles. The molecule has 1 aliphatic rings. The third kappa shape index (κ3) is 5.76. The van der Waals surface area contributed by atoms with E-state index in [4.69, 9.17) is 18.9 Å². The minimum absolute atomic E-state index is 0.141. The number of carbonyl (C=O) groups excluding carboxylic acids is 4. The summed E-state index contributed by atoms with van der Waals surface area (Å²) in [7, 11) is 0. The number of nitrogens with zero attached hydrogens (tertiary/aromatic N) is 2. The highest BCUT2D eigenvalue weighted by Crippen LogP contribution is 2.25. The molecule has 1 N–H and O–H groups in total. The predicted molar refractivity (Wildman–Crippen MR) is 86.5 cm³/mol. The molecule has 11 heteroatoms. The van der Waals surface area contributed by atoms with Gasteiger partial charge in [-0.3, -0.25) is 24.2 Å². The molecule has 0 bridgehead atoms. The third-order valence-corrected chi connectivity index (χ3v) is 3.07. The third-order valence-electron chi connectivity index (χ3n) is 3.07. The van der Waals surface area contributed by atoms with Crippen molar-refractivity contribution in [3.63, 3.8) is 0 Å². The van der Waals surface area contributed by atoms with E-state index >= 15 is 0 Å². The summed E-state index contributed by atoms with van der Waals surface area (Å²) < 4.78 is 20.4. The van der Waals surface area contributed by atoms with E-state index in [0.29, 0.717) is 0 Å². The SMILES string of the molecule is CC(=O)O[C@@H]1OC(C(=O)Nc2cnccn2)=C[C@H](OC(C)=O)[C@H]1OC(C)=O. The highest BCUT2D eigenvalue weighted by molar-refractivity contribution is 6.01. The molecule has 1 aromatic rings. The maximum atomic E-state index is 12.4. The van der Waals surface area contributed by atoms with Crippen molar-refractivity contribution in [2.24, 2.45) is 0 Å². The molecule has 0 radical (unpaired) electrons. The van der Waals surface area contributed by atoms with Crippen LogP contribution in [0, 0.1) is 0 Å². The van der Waals surface area contributed by atoms with Gasteiger partial charge in [0.05, 0.1) is 6.20 Å². The van der Waals surface area contributed by atoms with Crippen LogP contribution in [0.25, 0.3) is 0 Å². The topological polar surface area (TPSA) is 143 Å². The molecule has 11 nitrogen and oxygen atoms in total. The van der Waals surface area contributed by atoms with Crippen molar-refractivity contribution in [1.82, 2.24) is 9.97 Å². The second kappa shape index (κ2) is 8.74. The molecule has 0 unspecified atom stereocenters. The molecular weight excluding hydrogens is 362 g/mol. The van der Waals surface area contributed by atoms with Crippen molar-refractivity contribution < 1.29 is 38.1 Å². The van der Waals surface area contributed by atoms with Crippen molar-refractivity contribution in [3.8, 4) is 0 Å². The molecule has 3 atom stereocenters. The fourth-order valence-corrected chi connectivity index (χ4v) is 2.16. The quantitative estimate of drug-likeness (QED) is 0.552. The van der Waals surface area contributed by atoms with Gasteiger partial charge in [0, 0.05) is 39.2 Å². The molecule has 0 aliphatic carbocycles. The minimum atomic E-state index is -1.50. The Kier molecular flexibility index (Phi) is 6.41. The van der Waals surface area contributed by atoms with Crippen LogP contribution in [0.5, 0.6) is 0 Å². The first kappa shape index (κ1) is 19.8. The Morgan fingerprint density at radius 3 is 2.22 bits per heavy atom. The van der Waals surface area contributed by atoms with E-state index in [9.17, 15) is 19.2 Å². The molecule has 0 aromatic carbocycles. The van der Waals surface area contributed by atoms with Gasteiger partial charge in [0.15, 0.2) is 17.7 Å². The van der Waals surface area contributed by atoms with E-state index in [1.165, 1.54) is 18.6 Å². The second-order valence-corrected chi connectivity index (χ2v) is 5.32. The van der Waals surface area contributed by atoms with Crippen LogP contribution in [-0.2, 0) is 38.1 Å². The number of hydrogen-bond acceptors (Lipinski definition) is 10. The Morgan fingerprint density at radius 2 is 1.67 bits per heavy atom. The number of esters is 3. The largest absolute Gasteiger partial charge is 0.454 e. The minimum Gasteiger partial charge on any atom is -0.454 e. The van der Waals surface area contributed by atoms with Gasteiger partial charge in [-0.1, -0.05) is 0 Å². The van der Waals surface area contributed by atoms with Crippen molar-refractivity contribution in [3.05, 3.63) is 30.4 Å². The zero-order valence-corrected chi connectivity index (χ0v) is 14.7. The first-order valence-electron chi connectivity index (χ1n) is 7.73. The zero-order chi connectivity index (χ0) is 20.0. The lowest BCUT2D eigenvalue weighted by atomic mass is 10.1. The second-order valence-electron chi connectivity index (χ2n) is 5.32. The Bertz CT molecular complexity index is 764. The number of aromatic nitrogens is 2. The molecule has 144 valence electrons. The first-order chi connectivity index (χ1) is 12.8. The maximum Gasteiger partial charge on any atom is 0.305 e. The monoisotopic (exact) mass is 379 g/mol. The summed E-state index contributed by atoms with van der Waals surface area (Å²) in [4.78, 5) is 54.2.